The van der Waals surface area contributed by atoms with E-state index in [-0.39, 0.29) is 5.91 Å². The summed E-state index contributed by atoms with van der Waals surface area (Å²) in [5.41, 5.74) is 5.89. The van der Waals surface area contributed by atoms with Crippen LogP contribution in [0.2, 0.25) is 0 Å². The molecule has 3 N–H and O–H groups in total. The number of nitrogens with one attached hydrogen (secondary N) is 1. The van der Waals surface area contributed by atoms with Gasteiger partial charge in [-0.2, -0.15) is 0 Å². The number of carbonyl (C=O) groups excluding carboxylic acids is 1. The first-order valence-electron chi connectivity index (χ1n) is 10.1. The highest BCUT2D eigenvalue weighted by Gasteiger charge is 2.08. The van der Waals surface area contributed by atoms with E-state index >= 15 is 0 Å². The molecule has 6 heteroatoms. The normalized spacial score (nSPS) is 12.0. The zero-order chi connectivity index (χ0) is 22.1. The molecule has 0 heterocycles. The van der Waals surface area contributed by atoms with Gasteiger partial charge in [0.25, 0.3) is 0 Å². The van der Waals surface area contributed by atoms with Crippen LogP contribution in [0.1, 0.15) is 59.8 Å². The summed E-state index contributed by atoms with van der Waals surface area (Å²) in [6.45, 7) is 13.4. The lowest BCUT2D eigenvalue weighted by molar-refractivity contribution is -0.128. The third-order valence-electron chi connectivity index (χ3n) is 4.33. The van der Waals surface area contributed by atoms with Gasteiger partial charge in [-0.25, -0.2) is 0 Å². The SMILES string of the molecule is C=C/C(=C(C)\C(=C/CCCl)NN)N(C)CCCCC(C)C.CCC(=O)N(C)C. The molecule has 1 amide bonds. The molecule has 0 atom stereocenters. The van der Waals surface area contributed by atoms with Gasteiger partial charge in [0.2, 0.25) is 5.91 Å². The highest BCUT2D eigenvalue weighted by molar-refractivity contribution is 6.17. The maximum atomic E-state index is 10.4. The van der Waals surface area contributed by atoms with Crippen LogP contribution >= 0.6 is 11.6 Å². The minimum absolute atomic E-state index is 0.181. The Morgan fingerprint density at radius 1 is 1.25 bits per heavy atom. The van der Waals surface area contributed by atoms with Crippen LogP contribution < -0.4 is 11.3 Å². The smallest absolute Gasteiger partial charge is 0.221 e. The molecule has 0 aromatic carbocycles. The van der Waals surface area contributed by atoms with Crippen LogP contribution in [-0.4, -0.2) is 49.3 Å². The fourth-order valence-electron chi connectivity index (χ4n) is 2.59. The number of unbranched alkanes of at least 4 members (excludes halogenated alkanes) is 1. The second-order valence-corrected chi connectivity index (χ2v) is 7.79. The standard InChI is InChI=1S/C17H32ClN3.C5H11NO/c1-6-17(15(4)16(20-19)11-9-12-18)21(5)13-8-7-10-14(2)3;1-4-5(7)6(2)3/h6,11,14,20H,1,7-10,12-13,19H2,2-5H3;4H2,1-3H3/b16-11+,17-15+;. The second-order valence-electron chi connectivity index (χ2n) is 7.41. The Hall–Kier alpha value is -1.46. The number of alkyl halides is 1. The van der Waals surface area contributed by atoms with Crippen molar-refractivity contribution in [1.29, 1.82) is 0 Å². The molecule has 0 rings (SSSR count). The number of nitrogens with two attached hydrogens (primary N) is 1. The van der Waals surface area contributed by atoms with Gasteiger partial charge in [0.05, 0.1) is 0 Å². The third kappa shape index (κ3) is 13.7. The molecule has 0 aliphatic heterocycles. The van der Waals surface area contributed by atoms with Crippen LogP contribution in [0, 0.1) is 5.92 Å². The second kappa shape index (κ2) is 17.6. The molecule has 0 aromatic rings. The van der Waals surface area contributed by atoms with Gasteiger partial charge in [-0.1, -0.05) is 46.3 Å². The van der Waals surface area contributed by atoms with E-state index in [1.54, 1.807) is 19.0 Å². The van der Waals surface area contributed by atoms with Crippen LogP contribution in [0.4, 0.5) is 0 Å². The molecule has 0 saturated heterocycles. The average molecular weight is 415 g/mol. The summed E-state index contributed by atoms with van der Waals surface area (Å²) < 4.78 is 0. The van der Waals surface area contributed by atoms with Gasteiger partial charge in [0, 0.05) is 51.4 Å². The van der Waals surface area contributed by atoms with Gasteiger partial charge >= 0.3 is 0 Å². The first-order valence-corrected chi connectivity index (χ1v) is 10.7. The van der Waals surface area contributed by atoms with E-state index in [9.17, 15) is 4.79 Å². The lowest BCUT2D eigenvalue weighted by atomic mass is 10.1. The number of rotatable bonds is 12. The number of halogens is 1. The van der Waals surface area contributed by atoms with Gasteiger partial charge in [-0.15, -0.1) is 11.6 Å². The molecule has 164 valence electrons. The quantitative estimate of drug-likeness (QED) is 0.160. The summed E-state index contributed by atoms with van der Waals surface area (Å²) in [6.07, 6.45) is 9.05. The van der Waals surface area contributed by atoms with Crippen LogP contribution in [0.3, 0.4) is 0 Å². The van der Waals surface area contributed by atoms with Crippen LogP contribution in [0.5, 0.6) is 0 Å². The maximum absolute atomic E-state index is 10.4. The number of hydrazine groups is 1. The molecule has 0 saturated carbocycles. The van der Waals surface area contributed by atoms with Gasteiger partial charge in [0.15, 0.2) is 0 Å². The van der Waals surface area contributed by atoms with Crippen LogP contribution in [0.25, 0.3) is 0 Å². The molecule has 0 fully saturated rings. The van der Waals surface area contributed by atoms with E-state index in [0.29, 0.717) is 12.3 Å². The average Bonchev–Trinajstić information content (AvgIpc) is 2.66. The van der Waals surface area contributed by atoms with Crippen molar-refractivity contribution in [2.75, 3.05) is 33.6 Å². The van der Waals surface area contributed by atoms with Gasteiger partial charge in [-0.05, 0) is 37.3 Å². The molecule has 0 aliphatic carbocycles. The molecule has 0 aromatic heterocycles. The highest BCUT2D eigenvalue weighted by Crippen LogP contribution is 2.17. The van der Waals surface area contributed by atoms with Crippen LogP contribution in [0.15, 0.2) is 35.7 Å². The number of amides is 1. The fourth-order valence-corrected chi connectivity index (χ4v) is 2.70. The van der Waals surface area contributed by atoms with Crippen molar-refractivity contribution in [3.63, 3.8) is 0 Å². The van der Waals surface area contributed by atoms with Crippen molar-refractivity contribution in [3.05, 3.63) is 35.7 Å². The molecular weight excluding hydrogens is 372 g/mol. The first-order chi connectivity index (χ1) is 13.2. The molecule has 0 spiro atoms. The Kier molecular flexibility index (Phi) is 18.1. The molecule has 0 radical (unpaired) electrons. The first kappa shape index (κ1) is 28.7. The molecule has 0 bridgehead atoms. The lowest BCUT2D eigenvalue weighted by Crippen LogP contribution is -2.26. The van der Waals surface area contributed by atoms with Crippen molar-refractivity contribution in [1.82, 2.24) is 15.2 Å². The zero-order valence-corrected chi connectivity index (χ0v) is 19.9. The number of allylic oxidation sites excluding steroid dienone is 3. The van der Waals surface area contributed by atoms with Crippen molar-refractivity contribution in [2.45, 2.75) is 59.8 Å². The summed E-state index contributed by atoms with van der Waals surface area (Å²) in [5.74, 6) is 7.16. The van der Waals surface area contributed by atoms with Gasteiger partial charge < -0.3 is 15.2 Å². The van der Waals surface area contributed by atoms with Crippen molar-refractivity contribution in [3.8, 4) is 0 Å². The largest absolute Gasteiger partial charge is 0.374 e. The number of nitrogens with zero attached hydrogens (tertiary/aromatic N) is 2. The Bertz CT molecular complexity index is 499. The third-order valence-corrected chi connectivity index (χ3v) is 4.55. The fraction of sp³-hybridized carbons (Fsp3) is 0.682. The van der Waals surface area contributed by atoms with E-state index in [2.05, 4.69) is 44.7 Å². The number of carbonyl (C=O) groups is 1. The number of likely N-dealkylation sites (N-methyl/N-ethyl adjacent to an activating group) is 1. The summed E-state index contributed by atoms with van der Waals surface area (Å²) in [7, 11) is 5.61. The molecule has 5 nitrogen and oxygen atoms in total. The lowest BCUT2D eigenvalue weighted by Gasteiger charge is -2.24. The highest BCUT2D eigenvalue weighted by atomic mass is 35.5. The molecule has 0 unspecified atom stereocenters. The maximum Gasteiger partial charge on any atom is 0.221 e. The number of hydrogen-bond acceptors (Lipinski definition) is 4. The monoisotopic (exact) mass is 414 g/mol. The van der Waals surface area contributed by atoms with E-state index in [0.717, 1.165) is 35.9 Å². The molecular formula is C22H43ClN4O. The van der Waals surface area contributed by atoms with Gasteiger partial charge in [-0.3, -0.25) is 10.6 Å². The van der Waals surface area contributed by atoms with Gasteiger partial charge in [0.1, 0.15) is 0 Å². The minimum Gasteiger partial charge on any atom is -0.374 e. The van der Waals surface area contributed by atoms with Crippen molar-refractivity contribution >= 4 is 17.5 Å². The Labute approximate surface area is 178 Å². The predicted octanol–water partition coefficient (Wildman–Crippen LogP) is 4.67. The molecule has 0 aliphatic rings. The summed E-state index contributed by atoms with van der Waals surface area (Å²) in [5, 5.41) is 0. The zero-order valence-electron chi connectivity index (χ0n) is 19.1. The van der Waals surface area contributed by atoms with E-state index in [1.165, 1.54) is 19.3 Å². The minimum atomic E-state index is 0.181. The topological polar surface area (TPSA) is 61.6 Å². The summed E-state index contributed by atoms with van der Waals surface area (Å²) in [6, 6.07) is 0. The molecule has 28 heavy (non-hydrogen) atoms. The van der Waals surface area contributed by atoms with Crippen LogP contribution in [-0.2, 0) is 4.79 Å². The van der Waals surface area contributed by atoms with Crippen molar-refractivity contribution < 1.29 is 4.79 Å². The van der Waals surface area contributed by atoms with E-state index < -0.39 is 0 Å². The van der Waals surface area contributed by atoms with E-state index in [4.69, 9.17) is 17.4 Å². The Morgan fingerprint density at radius 3 is 2.21 bits per heavy atom. The predicted molar refractivity (Wildman–Crippen MR) is 124 cm³/mol. The summed E-state index contributed by atoms with van der Waals surface area (Å²) in [4.78, 5) is 14.3. The van der Waals surface area contributed by atoms with E-state index in [1.807, 2.05) is 19.1 Å². The number of hydrogen-bond donors (Lipinski definition) is 2. The Balaban J connectivity index is 0. The van der Waals surface area contributed by atoms with Crippen molar-refractivity contribution in [2.24, 2.45) is 11.8 Å². The Morgan fingerprint density at radius 2 is 1.86 bits per heavy atom. The summed E-state index contributed by atoms with van der Waals surface area (Å²) >= 11 is 5.73.